The summed E-state index contributed by atoms with van der Waals surface area (Å²) in [7, 11) is 0. The van der Waals surface area contributed by atoms with Gasteiger partial charge in [0.15, 0.2) is 0 Å². The summed E-state index contributed by atoms with van der Waals surface area (Å²) in [5, 5.41) is 27.3. The smallest absolute Gasteiger partial charge is 0.416 e. The Bertz CT molecular complexity index is 1530. The Morgan fingerprint density at radius 3 is 2.42 bits per heavy atom. The minimum absolute atomic E-state index is 0.00768. The molecule has 0 saturated carbocycles. The maximum atomic E-state index is 12.9. The van der Waals surface area contributed by atoms with Gasteiger partial charge >= 0.3 is 6.18 Å². The number of aromatic nitrogens is 1. The molecule has 10 heteroatoms. The van der Waals surface area contributed by atoms with Crippen molar-refractivity contribution >= 4 is 16.8 Å². The number of H-pyrrole nitrogens is 1. The maximum absolute atomic E-state index is 12.9. The van der Waals surface area contributed by atoms with Crippen LogP contribution in [0.25, 0.3) is 10.9 Å². The van der Waals surface area contributed by atoms with Gasteiger partial charge in [-0.3, -0.25) is 9.59 Å². The number of phenols is 1. The van der Waals surface area contributed by atoms with Crippen LogP contribution < -0.4 is 16.2 Å². The highest BCUT2D eigenvalue weighted by molar-refractivity contribution is 5.87. The van der Waals surface area contributed by atoms with E-state index in [9.17, 15) is 33.0 Å². The number of aromatic hydroxyl groups is 1. The summed E-state index contributed by atoms with van der Waals surface area (Å²) in [5.74, 6) is -0.360. The minimum Gasteiger partial charge on any atom is -0.506 e. The van der Waals surface area contributed by atoms with Crippen LogP contribution in [0, 0.1) is 0 Å². The number of fused-ring (bicyclic) bond motifs is 1. The van der Waals surface area contributed by atoms with Crippen molar-refractivity contribution in [1.29, 1.82) is 0 Å². The molecule has 1 amide bonds. The van der Waals surface area contributed by atoms with Gasteiger partial charge in [0.1, 0.15) is 5.75 Å². The number of carbonyl (C=O) groups is 1. The molecule has 0 fully saturated rings. The van der Waals surface area contributed by atoms with Crippen LogP contribution in [0.15, 0.2) is 77.6 Å². The molecule has 4 aromatic rings. The predicted molar refractivity (Wildman–Crippen MR) is 146 cm³/mol. The molecular weight excluding hydrogens is 523 g/mol. The van der Waals surface area contributed by atoms with Gasteiger partial charge in [0.2, 0.25) is 11.5 Å². The van der Waals surface area contributed by atoms with Gasteiger partial charge in [0.05, 0.1) is 23.6 Å². The number of benzene rings is 3. The molecule has 0 aliphatic heterocycles. The first-order valence-corrected chi connectivity index (χ1v) is 12.8. The second-order valence-corrected chi connectivity index (χ2v) is 9.78. The van der Waals surface area contributed by atoms with E-state index in [2.05, 4.69) is 15.6 Å². The van der Waals surface area contributed by atoms with Crippen LogP contribution in [0.3, 0.4) is 0 Å². The molecule has 0 radical (unpaired) electrons. The highest BCUT2D eigenvalue weighted by atomic mass is 19.4. The summed E-state index contributed by atoms with van der Waals surface area (Å²) in [6.45, 7) is 2.24. The summed E-state index contributed by atoms with van der Waals surface area (Å²) in [5.41, 5.74) is 1.94. The van der Waals surface area contributed by atoms with E-state index < -0.39 is 17.8 Å². The van der Waals surface area contributed by atoms with E-state index in [-0.39, 0.29) is 48.3 Å². The van der Waals surface area contributed by atoms with E-state index in [0.717, 1.165) is 23.3 Å². The lowest BCUT2D eigenvalue weighted by Crippen LogP contribution is -2.32. The molecule has 1 unspecified atom stereocenters. The number of nitrogens with one attached hydrogen (secondary N) is 3. The van der Waals surface area contributed by atoms with Crippen LogP contribution in [-0.2, 0) is 30.4 Å². The monoisotopic (exact) mass is 553 g/mol. The second kappa shape index (κ2) is 12.4. The number of aliphatic hydroxyl groups is 1. The molecule has 7 nitrogen and oxygen atoms in total. The van der Waals surface area contributed by atoms with Gasteiger partial charge in [-0.1, -0.05) is 42.5 Å². The van der Waals surface area contributed by atoms with Crippen LogP contribution in [0.2, 0.25) is 0 Å². The topological polar surface area (TPSA) is 114 Å². The number of carbonyl (C=O) groups excluding carboxylic acids is 1. The van der Waals surface area contributed by atoms with Crippen molar-refractivity contribution in [2.24, 2.45) is 0 Å². The first-order valence-electron chi connectivity index (χ1n) is 12.8. The molecule has 0 saturated heterocycles. The zero-order valence-corrected chi connectivity index (χ0v) is 21.8. The van der Waals surface area contributed by atoms with E-state index >= 15 is 0 Å². The lowest BCUT2D eigenvalue weighted by molar-refractivity contribution is -0.137. The number of halogens is 3. The average Bonchev–Trinajstić information content (AvgIpc) is 2.92. The molecule has 5 N–H and O–H groups in total. The summed E-state index contributed by atoms with van der Waals surface area (Å²) in [4.78, 5) is 26.5. The Labute approximate surface area is 228 Å². The third-order valence-corrected chi connectivity index (χ3v) is 6.60. The fourth-order valence-electron chi connectivity index (χ4n) is 4.50. The number of aliphatic hydroxyl groups excluding tert-OH is 1. The average molecular weight is 554 g/mol. The predicted octanol–water partition coefficient (Wildman–Crippen LogP) is 4.37. The van der Waals surface area contributed by atoms with Gasteiger partial charge in [0.25, 0.3) is 0 Å². The Kier molecular flexibility index (Phi) is 8.91. The Morgan fingerprint density at radius 1 is 0.975 bits per heavy atom. The number of alkyl halides is 3. The van der Waals surface area contributed by atoms with E-state index in [1.807, 2.05) is 31.2 Å². The molecule has 0 spiro atoms. The van der Waals surface area contributed by atoms with Gasteiger partial charge < -0.3 is 25.8 Å². The number of amides is 1. The van der Waals surface area contributed by atoms with Gasteiger partial charge in [-0.25, -0.2) is 0 Å². The van der Waals surface area contributed by atoms with Crippen LogP contribution in [0.5, 0.6) is 5.75 Å². The van der Waals surface area contributed by atoms with E-state index in [1.165, 1.54) is 24.3 Å². The molecule has 1 aromatic heterocycles. The highest BCUT2D eigenvalue weighted by Gasteiger charge is 2.30. The van der Waals surface area contributed by atoms with Gasteiger partial charge in [-0.15, -0.1) is 0 Å². The number of hydrogen-bond donors (Lipinski definition) is 5. The SMILES string of the molecule is CC(Cc1ccc(CC(=O)NCc2cccc(C(F)(F)F)c2)cc1)NC[C@H](O)c1ccc(O)c2[nH]c(=O)ccc12. The Balaban J connectivity index is 1.26. The molecular formula is C30H30F3N3O4. The van der Waals surface area contributed by atoms with E-state index in [4.69, 9.17) is 0 Å². The largest absolute Gasteiger partial charge is 0.506 e. The molecule has 1 heterocycles. The van der Waals surface area contributed by atoms with Gasteiger partial charge in [0, 0.05) is 30.6 Å². The summed E-state index contributed by atoms with van der Waals surface area (Å²) in [6, 6.07) is 18.4. The van der Waals surface area contributed by atoms with Crippen LogP contribution in [-0.4, -0.2) is 33.7 Å². The quantitative estimate of drug-likeness (QED) is 0.200. The van der Waals surface area contributed by atoms with Crippen molar-refractivity contribution < 1.29 is 28.2 Å². The summed E-state index contributed by atoms with van der Waals surface area (Å²) >= 11 is 0. The first kappa shape index (κ1) is 28.8. The standard InChI is InChI=1S/C30H30F3N3O4/c1-18(34-17-26(38)23-9-11-25(37)29-24(23)10-12-27(39)36-29)13-19-5-7-20(8-6-19)15-28(40)35-16-21-3-2-4-22(14-21)30(31,32)33/h2-12,14,18,26,34,37-38H,13,15-17H2,1H3,(H,35,40)(H,36,39)/t18?,26-/m0/s1. The van der Waals surface area contributed by atoms with Crippen LogP contribution in [0.1, 0.15) is 40.8 Å². The molecule has 0 aliphatic carbocycles. The number of aromatic amines is 1. The second-order valence-electron chi connectivity index (χ2n) is 9.78. The van der Waals surface area contributed by atoms with Crippen molar-refractivity contribution in [2.45, 2.75) is 44.6 Å². The molecule has 0 aliphatic rings. The van der Waals surface area contributed by atoms with Crippen molar-refractivity contribution in [3.63, 3.8) is 0 Å². The normalized spacial score (nSPS) is 13.2. The van der Waals surface area contributed by atoms with E-state index in [1.54, 1.807) is 12.1 Å². The number of hydrogen-bond acceptors (Lipinski definition) is 5. The maximum Gasteiger partial charge on any atom is 0.416 e. The fourth-order valence-corrected chi connectivity index (χ4v) is 4.50. The number of phenolic OH excluding ortho intramolecular Hbond substituents is 1. The third kappa shape index (κ3) is 7.49. The zero-order valence-electron chi connectivity index (χ0n) is 21.8. The van der Waals surface area contributed by atoms with Crippen LogP contribution >= 0.6 is 0 Å². The zero-order chi connectivity index (χ0) is 28.9. The minimum atomic E-state index is -4.43. The molecule has 3 aromatic carbocycles. The van der Waals surface area contributed by atoms with Crippen molar-refractivity contribution in [2.75, 3.05) is 6.54 Å². The third-order valence-electron chi connectivity index (χ3n) is 6.60. The highest BCUT2D eigenvalue weighted by Crippen LogP contribution is 2.30. The first-order chi connectivity index (χ1) is 19.0. The fraction of sp³-hybridized carbons (Fsp3) is 0.267. The summed E-state index contributed by atoms with van der Waals surface area (Å²) < 4.78 is 38.6. The van der Waals surface area contributed by atoms with Gasteiger partial charge in [-0.05, 0) is 59.9 Å². The van der Waals surface area contributed by atoms with Gasteiger partial charge in [-0.2, -0.15) is 13.2 Å². The molecule has 210 valence electrons. The molecule has 40 heavy (non-hydrogen) atoms. The van der Waals surface area contributed by atoms with Crippen LogP contribution in [0.4, 0.5) is 13.2 Å². The number of rotatable bonds is 10. The van der Waals surface area contributed by atoms with Crippen molar-refractivity contribution in [3.05, 3.63) is 111 Å². The molecule has 0 bridgehead atoms. The molecule has 2 atom stereocenters. The lowest BCUT2D eigenvalue weighted by atomic mass is 10.0. The van der Waals surface area contributed by atoms with E-state index in [0.29, 0.717) is 22.9 Å². The Hall–Kier alpha value is -4.15. The summed E-state index contributed by atoms with van der Waals surface area (Å²) in [6.07, 6.45) is -4.53. The van der Waals surface area contributed by atoms with Crippen molar-refractivity contribution in [1.82, 2.24) is 15.6 Å². The Morgan fingerprint density at radius 2 is 1.70 bits per heavy atom. The number of pyridine rings is 1. The van der Waals surface area contributed by atoms with Crippen molar-refractivity contribution in [3.8, 4) is 5.75 Å². The lowest BCUT2D eigenvalue weighted by Gasteiger charge is -2.19. The molecule has 4 rings (SSSR count).